The molecule has 0 aromatic heterocycles. The smallest absolute Gasteiger partial charge is 0.243 e. The van der Waals surface area contributed by atoms with Crippen LogP contribution in [0.2, 0.25) is 5.02 Å². The van der Waals surface area contributed by atoms with Crippen molar-refractivity contribution in [3.8, 4) is 5.75 Å². The van der Waals surface area contributed by atoms with E-state index in [1.54, 1.807) is 36.3 Å². The molecule has 0 unspecified atom stereocenters. The van der Waals surface area contributed by atoms with Gasteiger partial charge in [-0.2, -0.15) is 0 Å². The molecule has 10 heteroatoms. The minimum atomic E-state index is -3.60. The van der Waals surface area contributed by atoms with Crippen LogP contribution in [-0.4, -0.2) is 57.6 Å². The first-order valence-electron chi connectivity index (χ1n) is 14.1. The van der Waals surface area contributed by atoms with Gasteiger partial charge in [-0.15, -0.1) is 0 Å². The van der Waals surface area contributed by atoms with Gasteiger partial charge in [0.05, 0.1) is 19.1 Å². The minimum Gasteiger partial charge on any atom is -0.497 e. The van der Waals surface area contributed by atoms with Crippen LogP contribution >= 0.6 is 11.6 Å². The van der Waals surface area contributed by atoms with Crippen molar-refractivity contribution in [1.29, 1.82) is 0 Å². The molecule has 0 aliphatic rings. The average molecular weight is 614 g/mol. The summed E-state index contributed by atoms with van der Waals surface area (Å²) in [6, 6.07) is 22.8. The van der Waals surface area contributed by atoms with Crippen LogP contribution < -0.4 is 14.4 Å². The van der Waals surface area contributed by atoms with Crippen LogP contribution in [0.4, 0.5) is 5.69 Å². The Hall–Kier alpha value is -3.56. The van der Waals surface area contributed by atoms with Crippen LogP contribution in [0.15, 0.2) is 78.9 Å². The van der Waals surface area contributed by atoms with Gasteiger partial charge in [0.25, 0.3) is 0 Å². The maximum absolute atomic E-state index is 13.9. The molecule has 0 fully saturated rings. The molecule has 0 saturated carbocycles. The summed E-state index contributed by atoms with van der Waals surface area (Å²) in [6.07, 6.45) is 3.56. The van der Waals surface area contributed by atoms with E-state index >= 15 is 0 Å². The van der Waals surface area contributed by atoms with Gasteiger partial charge in [0.1, 0.15) is 11.8 Å². The van der Waals surface area contributed by atoms with Crippen molar-refractivity contribution in [2.24, 2.45) is 0 Å². The van der Waals surface area contributed by atoms with E-state index in [4.69, 9.17) is 16.3 Å². The highest BCUT2D eigenvalue weighted by Gasteiger charge is 2.30. The number of benzene rings is 3. The van der Waals surface area contributed by atoms with E-state index in [0.29, 0.717) is 29.4 Å². The number of nitrogens with zero attached hydrogens (tertiary/aromatic N) is 2. The first kappa shape index (κ1) is 32.9. The largest absolute Gasteiger partial charge is 0.497 e. The van der Waals surface area contributed by atoms with Crippen LogP contribution in [0.5, 0.6) is 5.75 Å². The number of unbranched alkanes of at least 4 members (excludes halogenated alkanes) is 1. The van der Waals surface area contributed by atoms with E-state index < -0.39 is 16.1 Å². The Morgan fingerprint density at radius 2 is 1.64 bits per heavy atom. The summed E-state index contributed by atoms with van der Waals surface area (Å²) in [5, 5.41) is 3.51. The monoisotopic (exact) mass is 613 g/mol. The zero-order valence-corrected chi connectivity index (χ0v) is 26.0. The number of hydrogen-bond donors (Lipinski definition) is 1. The van der Waals surface area contributed by atoms with Gasteiger partial charge in [0.15, 0.2) is 0 Å². The molecule has 0 bridgehead atoms. The highest BCUT2D eigenvalue weighted by atomic mass is 35.5. The van der Waals surface area contributed by atoms with Gasteiger partial charge >= 0.3 is 0 Å². The van der Waals surface area contributed by atoms with Gasteiger partial charge in [0, 0.05) is 37.5 Å². The normalized spacial score (nSPS) is 11.9. The number of halogens is 1. The van der Waals surface area contributed by atoms with E-state index in [2.05, 4.69) is 12.2 Å². The molecule has 3 rings (SSSR count). The van der Waals surface area contributed by atoms with Crippen LogP contribution in [0.1, 0.15) is 43.7 Å². The van der Waals surface area contributed by atoms with E-state index in [0.717, 1.165) is 30.2 Å². The Labute approximate surface area is 254 Å². The molecular weight excluding hydrogens is 574 g/mol. The standard InChI is InChI=1S/C32H40ClN3O5S/c1-4-5-20-34-32(38)30(23-25-11-7-6-8-12-25)35(24-26-13-9-14-29(22-26)41-2)31(37)15-10-21-36(42(3,39)40)28-18-16-27(33)17-19-28/h6-9,11-14,16-19,22,30H,4-5,10,15,20-21,23-24H2,1-3H3,(H,34,38)/t30-/m1/s1. The molecule has 3 aromatic rings. The molecule has 0 heterocycles. The zero-order valence-electron chi connectivity index (χ0n) is 24.5. The van der Waals surface area contributed by atoms with Crippen molar-refractivity contribution in [1.82, 2.24) is 10.2 Å². The Kier molecular flexibility index (Phi) is 12.7. The molecule has 3 aromatic carbocycles. The van der Waals surface area contributed by atoms with Crippen LogP contribution in [-0.2, 0) is 32.6 Å². The summed E-state index contributed by atoms with van der Waals surface area (Å²) in [7, 11) is -2.02. The molecule has 0 aliphatic heterocycles. The van der Waals surface area contributed by atoms with Gasteiger partial charge in [-0.05, 0) is 60.4 Å². The van der Waals surface area contributed by atoms with Crippen molar-refractivity contribution in [2.45, 2.75) is 51.6 Å². The third kappa shape index (κ3) is 10.1. The van der Waals surface area contributed by atoms with E-state index in [1.165, 1.54) is 4.31 Å². The van der Waals surface area contributed by atoms with Crippen molar-refractivity contribution in [3.63, 3.8) is 0 Å². The van der Waals surface area contributed by atoms with E-state index in [9.17, 15) is 18.0 Å². The quantitative estimate of drug-likeness (QED) is 0.217. The summed E-state index contributed by atoms with van der Waals surface area (Å²) in [5.41, 5.74) is 2.23. The number of anilines is 1. The van der Waals surface area contributed by atoms with Crippen molar-refractivity contribution >= 4 is 39.1 Å². The number of methoxy groups -OCH3 is 1. The van der Waals surface area contributed by atoms with E-state index in [1.807, 2.05) is 54.6 Å². The highest BCUT2D eigenvalue weighted by Crippen LogP contribution is 2.23. The Morgan fingerprint density at radius 3 is 2.29 bits per heavy atom. The SMILES string of the molecule is CCCCNC(=O)[C@@H](Cc1ccccc1)N(Cc1cccc(OC)c1)C(=O)CCCN(c1ccc(Cl)cc1)S(C)(=O)=O. The van der Waals surface area contributed by atoms with Gasteiger partial charge < -0.3 is 15.0 Å². The van der Waals surface area contributed by atoms with Crippen LogP contribution in [0.3, 0.4) is 0 Å². The first-order valence-corrected chi connectivity index (χ1v) is 16.3. The maximum Gasteiger partial charge on any atom is 0.243 e. The summed E-state index contributed by atoms with van der Waals surface area (Å²) in [6.45, 7) is 2.87. The predicted octanol–water partition coefficient (Wildman–Crippen LogP) is 5.45. The van der Waals surface area contributed by atoms with Crippen molar-refractivity contribution < 1.29 is 22.7 Å². The molecule has 0 saturated heterocycles. The van der Waals surface area contributed by atoms with Gasteiger partial charge in [-0.25, -0.2) is 8.42 Å². The van der Waals surface area contributed by atoms with Gasteiger partial charge in [0.2, 0.25) is 21.8 Å². The topological polar surface area (TPSA) is 96.0 Å². The molecule has 226 valence electrons. The number of carbonyl (C=O) groups is 2. The lowest BCUT2D eigenvalue weighted by Gasteiger charge is -2.32. The van der Waals surface area contributed by atoms with Crippen molar-refractivity contribution in [3.05, 3.63) is 95.0 Å². The molecule has 0 spiro atoms. The Balaban J connectivity index is 1.88. The molecule has 0 aliphatic carbocycles. The second-order valence-electron chi connectivity index (χ2n) is 10.1. The Morgan fingerprint density at radius 1 is 0.952 bits per heavy atom. The third-order valence-electron chi connectivity index (χ3n) is 6.85. The molecule has 0 radical (unpaired) electrons. The van der Waals surface area contributed by atoms with Gasteiger partial charge in [-0.1, -0.05) is 67.4 Å². The Bertz CT molecular complexity index is 1400. The fourth-order valence-electron chi connectivity index (χ4n) is 4.64. The first-order chi connectivity index (χ1) is 20.1. The summed E-state index contributed by atoms with van der Waals surface area (Å²) in [5.74, 6) is 0.190. The predicted molar refractivity (Wildman–Crippen MR) is 168 cm³/mol. The lowest BCUT2D eigenvalue weighted by atomic mass is 10.0. The number of amides is 2. The van der Waals surface area contributed by atoms with Crippen LogP contribution in [0.25, 0.3) is 0 Å². The second-order valence-corrected chi connectivity index (χ2v) is 12.5. The summed E-state index contributed by atoms with van der Waals surface area (Å²) >= 11 is 5.99. The highest BCUT2D eigenvalue weighted by molar-refractivity contribution is 7.92. The number of nitrogens with one attached hydrogen (secondary N) is 1. The molecule has 8 nitrogen and oxygen atoms in total. The van der Waals surface area contributed by atoms with Gasteiger partial charge in [-0.3, -0.25) is 13.9 Å². The summed E-state index contributed by atoms with van der Waals surface area (Å²) in [4.78, 5) is 29.1. The van der Waals surface area contributed by atoms with Crippen LogP contribution in [0, 0.1) is 0 Å². The fraction of sp³-hybridized carbons (Fsp3) is 0.375. The second kappa shape index (κ2) is 16.2. The minimum absolute atomic E-state index is 0.0527. The lowest BCUT2D eigenvalue weighted by molar-refractivity contribution is -0.141. The number of carbonyl (C=O) groups excluding carboxylic acids is 2. The third-order valence-corrected chi connectivity index (χ3v) is 8.30. The fourth-order valence-corrected chi connectivity index (χ4v) is 5.73. The molecule has 1 atom stereocenters. The maximum atomic E-state index is 13.9. The number of hydrogen-bond acceptors (Lipinski definition) is 5. The molecule has 42 heavy (non-hydrogen) atoms. The average Bonchev–Trinajstić information content (AvgIpc) is 2.97. The molecule has 1 N–H and O–H groups in total. The molecule has 2 amide bonds. The number of rotatable bonds is 16. The number of ether oxygens (including phenoxy) is 1. The lowest BCUT2D eigenvalue weighted by Crippen LogP contribution is -2.50. The van der Waals surface area contributed by atoms with E-state index in [-0.39, 0.29) is 37.7 Å². The van der Waals surface area contributed by atoms with Crippen molar-refractivity contribution in [2.75, 3.05) is 30.8 Å². The molecular formula is C32H40ClN3O5S. The summed E-state index contributed by atoms with van der Waals surface area (Å²) < 4.78 is 31.8. The number of sulfonamides is 1. The zero-order chi connectivity index (χ0) is 30.5.